The summed E-state index contributed by atoms with van der Waals surface area (Å²) in [5, 5.41) is 15.7. The maximum atomic E-state index is 10.2. The van der Waals surface area contributed by atoms with Gasteiger partial charge in [0.1, 0.15) is 5.75 Å². The predicted octanol–water partition coefficient (Wildman–Crippen LogP) is 2.88. The highest BCUT2D eigenvalue weighted by Crippen LogP contribution is 2.29. The van der Waals surface area contributed by atoms with Crippen molar-refractivity contribution in [3.63, 3.8) is 0 Å². The molecule has 0 saturated heterocycles. The van der Waals surface area contributed by atoms with Gasteiger partial charge in [-0.2, -0.15) is 5.11 Å². The Bertz CT molecular complexity index is 582. The van der Waals surface area contributed by atoms with Gasteiger partial charge < -0.3 is 5.11 Å². The molecule has 20 heavy (non-hydrogen) atoms. The van der Waals surface area contributed by atoms with E-state index in [1.165, 1.54) is 5.19 Å². The molecular formula is C16H20N2OSi. The molecule has 104 valence electrons. The number of para-hydroxylation sites is 1. The van der Waals surface area contributed by atoms with Crippen LogP contribution in [0.3, 0.4) is 0 Å². The van der Waals surface area contributed by atoms with E-state index in [0.29, 0.717) is 18.2 Å². The fourth-order valence-electron chi connectivity index (χ4n) is 2.05. The van der Waals surface area contributed by atoms with Crippen molar-refractivity contribution >= 4 is 14.9 Å². The van der Waals surface area contributed by atoms with Crippen molar-refractivity contribution in [1.29, 1.82) is 0 Å². The van der Waals surface area contributed by atoms with Gasteiger partial charge in [-0.15, -0.1) is 0 Å². The molecule has 0 aliphatic rings. The highest BCUT2D eigenvalue weighted by Gasteiger charge is 2.09. The van der Waals surface area contributed by atoms with Crippen LogP contribution in [-0.2, 0) is 6.54 Å². The molecule has 0 atom stereocenters. The Labute approximate surface area is 122 Å². The standard InChI is InChI=1S/C16H20N2OSi/c1-12(2)15-10-6-7-13(16(15)19)11-17-18-20-14-8-4-3-5-9-14/h3-10,12,19H,11,20H2,1-2H3/b18-17+. The zero-order chi connectivity index (χ0) is 14.4. The first-order valence-corrected chi connectivity index (χ1v) is 8.20. The molecule has 0 aromatic heterocycles. The number of aromatic hydroxyl groups is 1. The summed E-state index contributed by atoms with van der Waals surface area (Å²) in [5.74, 6) is 0.674. The molecule has 0 fully saturated rings. The van der Waals surface area contributed by atoms with Crippen molar-refractivity contribution in [2.45, 2.75) is 26.3 Å². The summed E-state index contributed by atoms with van der Waals surface area (Å²) < 4.78 is 4.31. The largest absolute Gasteiger partial charge is 0.507 e. The molecule has 0 bridgehead atoms. The summed E-state index contributed by atoms with van der Waals surface area (Å²) in [6, 6.07) is 16.1. The molecule has 2 aromatic carbocycles. The van der Waals surface area contributed by atoms with E-state index >= 15 is 0 Å². The van der Waals surface area contributed by atoms with E-state index in [-0.39, 0.29) is 0 Å². The van der Waals surface area contributed by atoms with Gasteiger partial charge in [0, 0.05) is 5.56 Å². The second-order valence-electron chi connectivity index (χ2n) is 5.09. The van der Waals surface area contributed by atoms with Gasteiger partial charge in [-0.3, -0.25) is 0 Å². The Morgan fingerprint density at radius 3 is 2.50 bits per heavy atom. The number of nitrogens with zero attached hydrogens (tertiary/aromatic N) is 2. The van der Waals surface area contributed by atoms with E-state index in [4.69, 9.17) is 0 Å². The fourth-order valence-corrected chi connectivity index (χ4v) is 2.89. The third kappa shape index (κ3) is 3.77. The second-order valence-corrected chi connectivity index (χ2v) is 6.51. The van der Waals surface area contributed by atoms with Crippen molar-refractivity contribution < 1.29 is 5.11 Å². The molecule has 0 amide bonds. The lowest BCUT2D eigenvalue weighted by atomic mass is 9.99. The van der Waals surface area contributed by atoms with Gasteiger partial charge in [0.25, 0.3) is 0 Å². The quantitative estimate of drug-likeness (QED) is 0.666. The van der Waals surface area contributed by atoms with Crippen LogP contribution in [0, 0.1) is 0 Å². The Balaban J connectivity index is 1.99. The first-order valence-electron chi connectivity index (χ1n) is 6.86. The fraction of sp³-hybridized carbons (Fsp3) is 0.250. The first-order chi connectivity index (χ1) is 9.68. The molecule has 4 heteroatoms. The minimum atomic E-state index is -0.688. The van der Waals surface area contributed by atoms with E-state index in [2.05, 4.69) is 35.9 Å². The summed E-state index contributed by atoms with van der Waals surface area (Å²) in [6.07, 6.45) is 0. The van der Waals surface area contributed by atoms with Crippen LogP contribution in [0.25, 0.3) is 0 Å². The van der Waals surface area contributed by atoms with Crippen LogP contribution in [-0.4, -0.2) is 14.8 Å². The van der Waals surface area contributed by atoms with Crippen LogP contribution in [0.5, 0.6) is 5.75 Å². The monoisotopic (exact) mass is 284 g/mol. The molecule has 2 aromatic rings. The topological polar surface area (TPSA) is 45.0 Å². The maximum absolute atomic E-state index is 10.2. The maximum Gasteiger partial charge on any atom is 0.209 e. The molecule has 0 aliphatic carbocycles. The van der Waals surface area contributed by atoms with E-state index in [0.717, 1.165) is 11.1 Å². The Morgan fingerprint density at radius 2 is 1.80 bits per heavy atom. The van der Waals surface area contributed by atoms with Crippen molar-refractivity contribution in [3.8, 4) is 5.75 Å². The Hall–Kier alpha value is -1.94. The minimum absolute atomic E-state index is 0.311. The van der Waals surface area contributed by atoms with Gasteiger partial charge in [0.05, 0.1) is 6.54 Å². The Kier molecular flexibility index (Phi) is 5.07. The highest BCUT2D eigenvalue weighted by molar-refractivity contribution is 6.51. The summed E-state index contributed by atoms with van der Waals surface area (Å²) in [5.41, 5.74) is 1.82. The van der Waals surface area contributed by atoms with Gasteiger partial charge in [0.15, 0.2) is 0 Å². The molecule has 0 unspecified atom stereocenters. The van der Waals surface area contributed by atoms with Crippen LogP contribution in [0.4, 0.5) is 0 Å². The third-order valence-electron chi connectivity index (χ3n) is 3.21. The van der Waals surface area contributed by atoms with Crippen molar-refractivity contribution in [3.05, 3.63) is 59.7 Å². The summed E-state index contributed by atoms with van der Waals surface area (Å²) >= 11 is 0. The normalized spacial score (nSPS) is 11.9. The molecule has 3 nitrogen and oxygen atoms in total. The van der Waals surface area contributed by atoms with E-state index in [9.17, 15) is 5.11 Å². The van der Waals surface area contributed by atoms with Crippen LogP contribution < -0.4 is 5.19 Å². The molecule has 0 saturated carbocycles. The number of phenolic OH excluding ortho intramolecular Hbond substituents is 1. The van der Waals surface area contributed by atoms with Crippen molar-refractivity contribution in [1.82, 2.24) is 0 Å². The number of phenols is 1. The molecular weight excluding hydrogens is 264 g/mol. The lowest BCUT2D eigenvalue weighted by Crippen LogP contribution is -2.09. The third-order valence-corrected chi connectivity index (χ3v) is 4.39. The van der Waals surface area contributed by atoms with Crippen molar-refractivity contribution in [2.75, 3.05) is 0 Å². The minimum Gasteiger partial charge on any atom is -0.507 e. The zero-order valence-corrected chi connectivity index (χ0v) is 13.4. The Morgan fingerprint density at radius 1 is 1.05 bits per heavy atom. The van der Waals surface area contributed by atoms with Gasteiger partial charge in [-0.05, 0) is 16.7 Å². The van der Waals surface area contributed by atoms with Crippen LogP contribution in [0.1, 0.15) is 30.9 Å². The number of hydrogen-bond donors (Lipinski definition) is 1. The second kappa shape index (κ2) is 7.00. The van der Waals surface area contributed by atoms with Gasteiger partial charge in [-0.1, -0.05) is 62.4 Å². The lowest BCUT2D eigenvalue weighted by molar-refractivity contribution is 0.457. The number of hydrogen-bond acceptors (Lipinski definition) is 3. The summed E-state index contributed by atoms with van der Waals surface area (Å²) in [7, 11) is -0.688. The van der Waals surface area contributed by atoms with E-state index in [1.54, 1.807) is 0 Å². The van der Waals surface area contributed by atoms with Crippen molar-refractivity contribution in [2.24, 2.45) is 9.89 Å². The highest BCUT2D eigenvalue weighted by atomic mass is 28.2. The molecule has 1 N–H and O–H groups in total. The van der Waals surface area contributed by atoms with Crippen LogP contribution in [0.15, 0.2) is 58.4 Å². The van der Waals surface area contributed by atoms with Gasteiger partial charge in [0.2, 0.25) is 9.68 Å². The number of rotatable bonds is 5. The predicted molar refractivity (Wildman–Crippen MR) is 85.4 cm³/mol. The molecule has 0 radical (unpaired) electrons. The van der Waals surface area contributed by atoms with Crippen LogP contribution >= 0.6 is 0 Å². The average molecular weight is 284 g/mol. The smallest absolute Gasteiger partial charge is 0.209 e. The molecule has 2 rings (SSSR count). The first kappa shape index (κ1) is 14.5. The summed E-state index contributed by atoms with van der Waals surface area (Å²) in [4.78, 5) is 0. The average Bonchev–Trinajstić information content (AvgIpc) is 2.46. The van der Waals surface area contributed by atoms with Gasteiger partial charge in [-0.25, -0.2) is 4.78 Å². The van der Waals surface area contributed by atoms with Gasteiger partial charge >= 0.3 is 0 Å². The van der Waals surface area contributed by atoms with E-state index in [1.807, 2.05) is 36.4 Å². The SMILES string of the molecule is CC(C)c1cccc(C/N=N/[SiH2]c2ccccc2)c1O. The van der Waals surface area contributed by atoms with E-state index < -0.39 is 9.68 Å². The summed E-state index contributed by atoms with van der Waals surface area (Å²) in [6.45, 7) is 4.59. The number of benzene rings is 2. The molecule has 0 heterocycles. The zero-order valence-electron chi connectivity index (χ0n) is 12.0. The van der Waals surface area contributed by atoms with Crippen LogP contribution in [0.2, 0.25) is 0 Å². The molecule has 0 aliphatic heterocycles. The lowest BCUT2D eigenvalue weighted by Gasteiger charge is -2.10. The molecule has 0 spiro atoms.